The Balaban J connectivity index is 0. The number of ketones is 1. The molecule has 0 aromatic heterocycles. The Kier molecular flexibility index (Phi) is 19.8. The number of hydrogen-bond donors (Lipinski definition) is 2. The maximum Gasteiger partial charge on any atom is 1.00 e. The van der Waals surface area contributed by atoms with Crippen LogP contribution in [0.15, 0.2) is 72.8 Å². The number of hydrogen-bond acceptors (Lipinski definition) is 5. The summed E-state index contributed by atoms with van der Waals surface area (Å²) in [6.07, 6.45) is 0. The molecule has 3 aromatic rings. The molecule has 34 heavy (non-hydrogen) atoms. The van der Waals surface area contributed by atoms with Crippen LogP contribution in [0.1, 0.15) is 35.3 Å². The summed E-state index contributed by atoms with van der Waals surface area (Å²) >= 11 is 6.04. The van der Waals surface area contributed by atoms with Crippen molar-refractivity contribution in [3.05, 3.63) is 99.8 Å². The number of carbonyl (C=O) groups excluding carboxylic acids is 2. The average Bonchev–Trinajstić information content (AvgIpc) is 2.88. The molecule has 6 nitrogen and oxygen atoms in total. The number of benzene rings is 3. The summed E-state index contributed by atoms with van der Waals surface area (Å²) in [7, 11) is 2.00. The number of halogens is 1. The van der Waals surface area contributed by atoms with E-state index < -0.39 is 5.91 Å². The van der Waals surface area contributed by atoms with Gasteiger partial charge in [-0.2, -0.15) is 0 Å². The van der Waals surface area contributed by atoms with Gasteiger partial charge in [-0.3, -0.25) is 4.79 Å². The third-order valence-electron chi connectivity index (χ3n) is 3.93. The molecule has 3 aromatic carbocycles. The van der Waals surface area contributed by atoms with Crippen molar-refractivity contribution in [2.45, 2.75) is 20.8 Å². The first-order chi connectivity index (χ1) is 16.0. The number of nitrogens with zero attached hydrogens (tertiary/aromatic N) is 1. The van der Waals surface area contributed by atoms with Crippen molar-refractivity contribution < 1.29 is 46.9 Å². The Labute approximate surface area is 222 Å². The molecule has 0 spiro atoms. The first kappa shape index (κ1) is 33.7. The predicted octanol–water partition coefficient (Wildman–Crippen LogP) is 5.73. The van der Waals surface area contributed by atoms with E-state index in [2.05, 4.69) is 5.32 Å². The van der Waals surface area contributed by atoms with Crippen LogP contribution in [0.25, 0.3) is 5.32 Å². The number of para-hydroxylation sites is 1. The number of carbonyl (C=O) groups is 2. The average molecular weight is 670 g/mol. The summed E-state index contributed by atoms with van der Waals surface area (Å²) < 4.78 is 5.59. The standard InChI is InChI=1S/C22H18ClNO3.C2H6.2CH4O.Au/c1-15-7-5-6-10-19(15)24-21(25)14-27-20-12-11-17(23)13-18(20)22(26)16-8-3-2-4-9-16;3*1-2;/h2-13H,14H2,1H3,(H,24,25);1-2H3;2*2H,1H3;/q;;;;+1/p-1. The zero-order valence-electron chi connectivity index (χ0n) is 19.9. The monoisotopic (exact) mass is 669 g/mol. The molecule has 0 bridgehead atoms. The summed E-state index contributed by atoms with van der Waals surface area (Å²) in [5.74, 6) is -0.365. The van der Waals surface area contributed by atoms with Gasteiger partial charge in [-0.1, -0.05) is 85.6 Å². The number of aliphatic hydroxyl groups is 2. The zero-order chi connectivity index (χ0) is 25.2. The van der Waals surface area contributed by atoms with Crippen molar-refractivity contribution in [2.75, 3.05) is 20.8 Å². The van der Waals surface area contributed by atoms with E-state index in [1.807, 2.05) is 45.0 Å². The molecular weight excluding hydrogens is 639 g/mol. The molecule has 0 heterocycles. The van der Waals surface area contributed by atoms with Crippen molar-refractivity contribution >= 4 is 29.0 Å². The van der Waals surface area contributed by atoms with E-state index in [9.17, 15) is 9.59 Å². The van der Waals surface area contributed by atoms with Crippen molar-refractivity contribution in [3.63, 3.8) is 0 Å². The second kappa shape index (κ2) is 20.0. The normalized spacial score (nSPS) is 8.71. The molecule has 2 N–H and O–H groups in total. The van der Waals surface area contributed by atoms with E-state index in [1.54, 1.807) is 42.5 Å². The van der Waals surface area contributed by atoms with Gasteiger partial charge in [-0.25, -0.2) is 0 Å². The minimum absolute atomic E-state index is 0. The number of aliphatic hydroxyl groups excluding tert-OH is 2. The first-order valence-electron chi connectivity index (χ1n) is 10.3. The minimum Gasteiger partial charge on any atom is -0.624 e. The van der Waals surface area contributed by atoms with Crippen molar-refractivity contribution in [1.82, 2.24) is 0 Å². The van der Waals surface area contributed by atoms with Gasteiger partial charge in [0.2, 0.25) is 0 Å². The Hall–Kier alpha value is -2.45. The fourth-order valence-corrected chi connectivity index (χ4v) is 2.72. The Morgan fingerprint density at radius 2 is 1.44 bits per heavy atom. The Morgan fingerprint density at radius 3 is 2.03 bits per heavy atom. The molecule has 0 radical (unpaired) electrons. The zero-order valence-corrected chi connectivity index (χ0v) is 22.8. The molecule has 0 fully saturated rings. The molecule has 0 atom stereocenters. The fraction of sp³-hybridized carbons (Fsp3) is 0.231. The Bertz CT molecular complexity index is 984. The van der Waals surface area contributed by atoms with Gasteiger partial charge >= 0.3 is 22.4 Å². The molecule has 0 aliphatic carbocycles. The first-order valence-corrected chi connectivity index (χ1v) is 10.6. The number of amides is 1. The van der Waals surface area contributed by atoms with Crippen LogP contribution in [-0.4, -0.2) is 42.7 Å². The van der Waals surface area contributed by atoms with Gasteiger partial charge in [0.1, 0.15) is 12.4 Å². The van der Waals surface area contributed by atoms with Crippen LogP contribution >= 0.6 is 11.6 Å². The van der Waals surface area contributed by atoms with Gasteiger partial charge in [-0.05, 0) is 25.1 Å². The second-order valence-corrected chi connectivity index (χ2v) is 6.35. The second-order valence-electron chi connectivity index (χ2n) is 5.92. The van der Waals surface area contributed by atoms with E-state index >= 15 is 0 Å². The summed E-state index contributed by atoms with van der Waals surface area (Å²) in [6.45, 7) is 5.60. The molecule has 0 aliphatic heterocycles. The van der Waals surface area contributed by atoms with E-state index in [0.29, 0.717) is 27.6 Å². The smallest absolute Gasteiger partial charge is 0.624 e. The summed E-state index contributed by atoms with van der Waals surface area (Å²) in [6, 6.07) is 20.9. The summed E-state index contributed by atoms with van der Waals surface area (Å²) in [4.78, 5) is 24.9. The fourth-order valence-electron chi connectivity index (χ4n) is 2.55. The van der Waals surface area contributed by atoms with Crippen molar-refractivity contribution in [2.24, 2.45) is 0 Å². The molecule has 3 rings (SSSR count). The quantitative estimate of drug-likeness (QED) is 0.258. The third-order valence-corrected chi connectivity index (χ3v) is 4.17. The molecule has 0 aliphatic rings. The molecule has 8 heteroatoms. The van der Waals surface area contributed by atoms with Crippen LogP contribution in [0.4, 0.5) is 5.69 Å². The van der Waals surface area contributed by atoms with Crippen molar-refractivity contribution in [1.29, 1.82) is 0 Å². The summed E-state index contributed by atoms with van der Waals surface area (Å²) in [5, 5.41) is 18.5. The van der Waals surface area contributed by atoms with E-state index in [0.717, 1.165) is 19.8 Å². The van der Waals surface area contributed by atoms with Gasteiger partial charge in [0.25, 0.3) is 0 Å². The number of rotatable bonds is 6. The Morgan fingerprint density at radius 1 is 0.882 bits per heavy atom. The van der Waals surface area contributed by atoms with Crippen LogP contribution in [0.3, 0.4) is 0 Å². The van der Waals surface area contributed by atoms with Gasteiger partial charge in [0, 0.05) is 24.8 Å². The molecule has 0 saturated heterocycles. The molecule has 0 saturated carbocycles. The van der Waals surface area contributed by atoms with Gasteiger partial charge < -0.3 is 25.1 Å². The molecule has 1 amide bonds. The van der Waals surface area contributed by atoms with E-state index in [-0.39, 0.29) is 34.8 Å². The molecule has 0 unspecified atom stereocenters. The topological polar surface area (TPSA) is 97.9 Å². The third kappa shape index (κ3) is 11.1. The van der Waals surface area contributed by atoms with Crippen LogP contribution in [-0.2, 0) is 27.2 Å². The van der Waals surface area contributed by atoms with Crippen molar-refractivity contribution in [3.8, 4) is 5.75 Å². The largest absolute Gasteiger partial charge is 1.00 e. The molecule has 188 valence electrons. The minimum atomic E-state index is -0.433. The molecular formula is C26H31AuClNO5. The maximum atomic E-state index is 12.8. The van der Waals surface area contributed by atoms with Gasteiger partial charge in [0.15, 0.2) is 5.78 Å². The number of ether oxygens (including phenoxy) is 1. The summed E-state index contributed by atoms with van der Waals surface area (Å²) in [5.41, 5.74) is 2.32. The van der Waals surface area contributed by atoms with Crippen LogP contribution in [0, 0.1) is 6.92 Å². The van der Waals surface area contributed by atoms with Gasteiger partial charge in [0.05, 0.1) is 11.5 Å². The van der Waals surface area contributed by atoms with E-state index in [1.165, 1.54) is 6.07 Å². The number of aryl methyl sites for hydroxylation is 1. The van der Waals surface area contributed by atoms with Crippen LogP contribution in [0.5, 0.6) is 5.75 Å². The van der Waals surface area contributed by atoms with Crippen LogP contribution in [0.2, 0.25) is 5.02 Å². The van der Waals surface area contributed by atoms with E-state index in [4.69, 9.17) is 26.6 Å². The SMILES string of the molecule is CC.CO.CO.Cc1ccccc1[N-]C(=O)COc1ccc(Cl)cc1C(=O)c1ccccc1.[Au+]. The van der Waals surface area contributed by atoms with Crippen LogP contribution < -0.4 is 4.74 Å². The maximum absolute atomic E-state index is 12.8. The van der Waals surface area contributed by atoms with Gasteiger partial charge in [-0.15, -0.1) is 5.69 Å². The predicted molar refractivity (Wildman–Crippen MR) is 134 cm³/mol.